The number of rotatable bonds is 6. The summed E-state index contributed by atoms with van der Waals surface area (Å²) in [6, 6.07) is 12.0. The van der Waals surface area contributed by atoms with E-state index in [0.717, 1.165) is 61.3 Å². The first-order valence-corrected chi connectivity index (χ1v) is 9.48. The molecule has 1 amide bonds. The van der Waals surface area contributed by atoms with Crippen LogP contribution in [-0.2, 0) is 4.74 Å². The van der Waals surface area contributed by atoms with E-state index in [1.807, 2.05) is 48.4 Å². The first-order chi connectivity index (χ1) is 12.7. The van der Waals surface area contributed by atoms with Gasteiger partial charge in [-0.3, -0.25) is 9.78 Å². The lowest BCUT2D eigenvalue weighted by molar-refractivity contribution is 0.0660. The Labute approximate surface area is 156 Å². The van der Waals surface area contributed by atoms with E-state index in [1.54, 1.807) is 7.11 Å². The number of carbonyl (C=O) groups excluding carboxylic acids is 1. The molecule has 26 heavy (non-hydrogen) atoms. The van der Waals surface area contributed by atoms with Gasteiger partial charge in [-0.2, -0.15) is 0 Å². The number of benzene rings is 1. The number of hydrogen-bond acceptors (Lipinski definition) is 3. The van der Waals surface area contributed by atoms with E-state index in [1.165, 1.54) is 6.42 Å². The molecule has 1 atom stereocenters. The van der Waals surface area contributed by atoms with Gasteiger partial charge < -0.3 is 9.64 Å². The molecule has 4 heteroatoms. The van der Waals surface area contributed by atoms with Gasteiger partial charge in [-0.05, 0) is 62.3 Å². The highest BCUT2D eigenvalue weighted by Crippen LogP contribution is 2.24. The van der Waals surface area contributed by atoms with Gasteiger partial charge in [-0.15, -0.1) is 0 Å². The third-order valence-corrected chi connectivity index (χ3v) is 5.12. The summed E-state index contributed by atoms with van der Waals surface area (Å²) >= 11 is 0. The maximum absolute atomic E-state index is 13.0. The van der Waals surface area contributed by atoms with Gasteiger partial charge in [0.1, 0.15) is 0 Å². The van der Waals surface area contributed by atoms with Crippen molar-refractivity contribution < 1.29 is 9.53 Å². The maximum Gasteiger partial charge on any atom is 0.253 e. The van der Waals surface area contributed by atoms with E-state index >= 15 is 0 Å². The number of amides is 1. The molecule has 4 nitrogen and oxygen atoms in total. The van der Waals surface area contributed by atoms with E-state index in [9.17, 15) is 4.79 Å². The molecule has 1 saturated heterocycles. The van der Waals surface area contributed by atoms with Gasteiger partial charge in [-0.1, -0.05) is 18.2 Å². The second-order valence-corrected chi connectivity index (χ2v) is 7.16. The van der Waals surface area contributed by atoms with Crippen molar-refractivity contribution in [3.8, 4) is 11.1 Å². The molecule has 1 aromatic heterocycles. The van der Waals surface area contributed by atoms with Crippen LogP contribution in [0.1, 0.15) is 41.7 Å². The summed E-state index contributed by atoms with van der Waals surface area (Å²) in [6.07, 6.45) is 6.37. The smallest absolute Gasteiger partial charge is 0.253 e. The Balaban J connectivity index is 1.69. The molecule has 0 spiro atoms. The molecule has 2 aromatic rings. The number of piperidine rings is 1. The van der Waals surface area contributed by atoms with Gasteiger partial charge in [0, 0.05) is 49.8 Å². The predicted molar refractivity (Wildman–Crippen MR) is 104 cm³/mol. The van der Waals surface area contributed by atoms with Crippen LogP contribution < -0.4 is 0 Å². The Morgan fingerprint density at radius 3 is 2.92 bits per heavy atom. The second-order valence-electron chi connectivity index (χ2n) is 7.16. The summed E-state index contributed by atoms with van der Waals surface area (Å²) in [5.41, 5.74) is 3.84. The Kier molecular flexibility index (Phi) is 6.40. The van der Waals surface area contributed by atoms with Crippen molar-refractivity contribution in [2.24, 2.45) is 5.92 Å². The summed E-state index contributed by atoms with van der Waals surface area (Å²) in [5, 5.41) is 0. The summed E-state index contributed by atoms with van der Waals surface area (Å²) in [5.74, 6) is 0.732. The highest BCUT2D eigenvalue weighted by atomic mass is 16.5. The van der Waals surface area contributed by atoms with E-state index < -0.39 is 0 Å². The van der Waals surface area contributed by atoms with Crippen molar-refractivity contribution in [3.05, 3.63) is 53.9 Å². The molecule has 138 valence electrons. The SMILES string of the molecule is COCCCC1CCCN(C(=O)c2cccc(-c3ccc(C)nc3)c2)C1. The zero-order valence-corrected chi connectivity index (χ0v) is 15.8. The topological polar surface area (TPSA) is 42.4 Å². The molecule has 0 radical (unpaired) electrons. The fourth-order valence-corrected chi connectivity index (χ4v) is 3.65. The third-order valence-electron chi connectivity index (χ3n) is 5.12. The number of hydrogen-bond donors (Lipinski definition) is 0. The monoisotopic (exact) mass is 352 g/mol. The molecule has 1 fully saturated rings. The first-order valence-electron chi connectivity index (χ1n) is 9.48. The van der Waals surface area contributed by atoms with Crippen LogP contribution in [0.2, 0.25) is 0 Å². The van der Waals surface area contributed by atoms with Gasteiger partial charge >= 0.3 is 0 Å². The number of ether oxygens (including phenoxy) is 1. The van der Waals surface area contributed by atoms with Gasteiger partial charge in [0.2, 0.25) is 0 Å². The number of pyridine rings is 1. The lowest BCUT2D eigenvalue weighted by Gasteiger charge is -2.33. The minimum absolute atomic E-state index is 0.142. The van der Waals surface area contributed by atoms with Crippen molar-refractivity contribution in [1.29, 1.82) is 0 Å². The third kappa shape index (κ3) is 4.70. The molecule has 1 aliphatic heterocycles. The van der Waals surface area contributed by atoms with Crippen LogP contribution in [0.5, 0.6) is 0 Å². The Morgan fingerprint density at radius 2 is 2.15 bits per heavy atom. The Morgan fingerprint density at radius 1 is 1.27 bits per heavy atom. The molecule has 0 saturated carbocycles. The summed E-state index contributed by atoms with van der Waals surface area (Å²) in [4.78, 5) is 19.4. The quantitative estimate of drug-likeness (QED) is 0.727. The molecular formula is C22H28N2O2. The van der Waals surface area contributed by atoms with E-state index in [4.69, 9.17) is 4.74 Å². The molecule has 1 unspecified atom stereocenters. The first kappa shape index (κ1) is 18.6. The zero-order chi connectivity index (χ0) is 18.4. The fraction of sp³-hybridized carbons (Fsp3) is 0.455. The van der Waals surface area contributed by atoms with E-state index in [-0.39, 0.29) is 5.91 Å². The van der Waals surface area contributed by atoms with Crippen molar-refractivity contribution >= 4 is 5.91 Å². The highest BCUT2D eigenvalue weighted by Gasteiger charge is 2.24. The molecule has 0 aliphatic carbocycles. The summed E-state index contributed by atoms with van der Waals surface area (Å²) < 4.78 is 5.15. The number of aryl methyl sites for hydroxylation is 1. The van der Waals surface area contributed by atoms with Crippen molar-refractivity contribution in [3.63, 3.8) is 0 Å². The minimum atomic E-state index is 0.142. The van der Waals surface area contributed by atoms with Crippen LogP contribution in [0.15, 0.2) is 42.6 Å². The van der Waals surface area contributed by atoms with Crippen LogP contribution in [0, 0.1) is 12.8 Å². The van der Waals surface area contributed by atoms with Gasteiger partial charge in [-0.25, -0.2) is 0 Å². The Hall–Kier alpha value is -2.20. The zero-order valence-electron chi connectivity index (χ0n) is 15.8. The molecule has 1 aliphatic rings. The molecule has 3 rings (SSSR count). The van der Waals surface area contributed by atoms with E-state index in [0.29, 0.717) is 5.92 Å². The largest absolute Gasteiger partial charge is 0.385 e. The Bertz CT molecular complexity index is 727. The predicted octanol–water partition coefficient (Wildman–Crippen LogP) is 4.34. The van der Waals surface area contributed by atoms with Crippen molar-refractivity contribution in [2.75, 3.05) is 26.8 Å². The normalized spacial score (nSPS) is 17.3. The van der Waals surface area contributed by atoms with Crippen LogP contribution in [0.25, 0.3) is 11.1 Å². The average molecular weight is 352 g/mol. The molecule has 1 aromatic carbocycles. The number of aromatic nitrogens is 1. The van der Waals surface area contributed by atoms with Crippen LogP contribution >= 0.6 is 0 Å². The summed E-state index contributed by atoms with van der Waals surface area (Å²) in [6.45, 7) is 4.50. The number of nitrogens with zero attached hydrogens (tertiary/aromatic N) is 2. The lowest BCUT2D eigenvalue weighted by atomic mass is 9.93. The average Bonchev–Trinajstić information content (AvgIpc) is 2.68. The van der Waals surface area contributed by atoms with E-state index in [2.05, 4.69) is 11.1 Å². The highest BCUT2D eigenvalue weighted by molar-refractivity contribution is 5.95. The molecular weight excluding hydrogens is 324 g/mol. The van der Waals surface area contributed by atoms with Gasteiger partial charge in [0.25, 0.3) is 5.91 Å². The minimum Gasteiger partial charge on any atom is -0.385 e. The summed E-state index contributed by atoms with van der Waals surface area (Å²) in [7, 11) is 1.74. The standard InChI is InChI=1S/C22H28N2O2/c1-17-10-11-21(15-23-17)19-8-3-9-20(14-19)22(25)24-12-4-6-18(16-24)7-5-13-26-2/h3,8-11,14-15,18H,4-7,12-13,16H2,1-2H3. The van der Waals surface area contributed by atoms with Gasteiger partial charge in [0.05, 0.1) is 0 Å². The van der Waals surface area contributed by atoms with Crippen LogP contribution in [0.3, 0.4) is 0 Å². The molecule has 2 heterocycles. The second kappa shape index (κ2) is 8.95. The fourth-order valence-electron chi connectivity index (χ4n) is 3.65. The van der Waals surface area contributed by atoms with Crippen LogP contribution in [-0.4, -0.2) is 42.6 Å². The van der Waals surface area contributed by atoms with Gasteiger partial charge in [0.15, 0.2) is 0 Å². The maximum atomic E-state index is 13.0. The number of carbonyl (C=O) groups is 1. The molecule has 0 N–H and O–H groups in total. The number of methoxy groups -OCH3 is 1. The lowest BCUT2D eigenvalue weighted by Crippen LogP contribution is -2.40. The van der Waals surface area contributed by atoms with Crippen molar-refractivity contribution in [2.45, 2.75) is 32.6 Å². The van der Waals surface area contributed by atoms with Crippen LogP contribution in [0.4, 0.5) is 0 Å². The molecule has 0 bridgehead atoms. The number of likely N-dealkylation sites (tertiary alicyclic amines) is 1. The van der Waals surface area contributed by atoms with Crippen molar-refractivity contribution in [1.82, 2.24) is 9.88 Å².